The molecule has 182 valence electrons. The Morgan fingerprint density at radius 2 is 1.85 bits per heavy atom. The van der Waals surface area contributed by atoms with Crippen molar-refractivity contribution in [3.8, 4) is 0 Å². The predicted molar refractivity (Wildman–Crippen MR) is 138 cm³/mol. The van der Waals surface area contributed by atoms with Gasteiger partial charge in [-0.25, -0.2) is 9.97 Å². The second-order valence-electron chi connectivity index (χ2n) is 9.20. The molecule has 0 radical (unpaired) electrons. The van der Waals surface area contributed by atoms with Crippen molar-refractivity contribution in [2.45, 2.75) is 57.1 Å². The Balaban J connectivity index is 1.34. The number of thioether (sulfide) groups is 1. The third-order valence-electron chi connectivity index (χ3n) is 6.52. The molecular formula is C25H32ClN5O2S. The number of amides is 2. The Morgan fingerprint density at radius 3 is 2.56 bits per heavy atom. The molecule has 1 saturated heterocycles. The molecule has 1 aromatic heterocycles. The number of hydrogen-bond acceptors (Lipinski definition) is 6. The van der Waals surface area contributed by atoms with Gasteiger partial charge in [0.25, 0.3) is 0 Å². The van der Waals surface area contributed by atoms with Crippen LogP contribution in [0.4, 0.5) is 11.5 Å². The van der Waals surface area contributed by atoms with E-state index >= 15 is 0 Å². The molecule has 4 rings (SSSR count). The van der Waals surface area contributed by atoms with Crippen molar-refractivity contribution in [1.29, 1.82) is 0 Å². The van der Waals surface area contributed by atoms with E-state index in [-0.39, 0.29) is 23.6 Å². The summed E-state index contributed by atoms with van der Waals surface area (Å²) in [6, 6.07) is 9.53. The van der Waals surface area contributed by atoms with Crippen molar-refractivity contribution in [2.75, 3.05) is 35.6 Å². The molecule has 2 aromatic rings. The highest BCUT2D eigenvalue weighted by Crippen LogP contribution is 2.28. The second-order valence-corrected chi connectivity index (χ2v) is 10.5. The van der Waals surface area contributed by atoms with E-state index in [1.54, 1.807) is 6.07 Å². The first kappa shape index (κ1) is 24.8. The molecular weight excluding hydrogens is 470 g/mol. The average Bonchev–Trinajstić information content (AvgIpc) is 2.84. The van der Waals surface area contributed by atoms with Crippen molar-refractivity contribution >= 4 is 46.7 Å². The summed E-state index contributed by atoms with van der Waals surface area (Å²) in [6.45, 7) is 6.18. The Labute approximate surface area is 210 Å². The van der Waals surface area contributed by atoms with Gasteiger partial charge in [0.2, 0.25) is 11.8 Å². The normalized spacial score (nSPS) is 19.2. The lowest BCUT2D eigenvalue weighted by atomic mass is 9.88. The van der Waals surface area contributed by atoms with Gasteiger partial charge in [-0.1, -0.05) is 60.3 Å². The summed E-state index contributed by atoms with van der Waals surface area (Å²) >= 11 is 7.55. The molecule has 1 aromatic carbocycles. The van der Waals surface area contributed by atoms with Gasteiger partial charge in [0.15, 0.2) is 5.16 Å². The average molecular weight is 502 g/mol. The van der Waals surface area contributed by atoms with Crippen LogP contribution in [-0.4, -0.2) is 58.1 Å². The highest BCUT2D eigenvalue weighted by atomic mass is 35.5. The van der Waals surface area contributed by atoms with E-state index in [4.69, 9.17) is 11.6 Å². The van der Waals surface area contributed by atoms with Crippen LogP contribution in [0.3, 0.4) is 0 Å². The molecule has 2 aliphatic rings. The van der Waals surface area contributed by atoms with Gasteiger partial charge in [-0.15, -0.1) is 0 Å². The summed E-state index contributed by atoms with van der Waals surface area (Å²) in [5, 5.41) is 3.70. The zero-order valence-corrected chi connectivity index (χ0v) is 21.4. The topological polar surface area (TPSA) is 78.4 Å². The number of halogens is 1. The first-order valence-corrected chi connectivity index (χ1v) is 13.3. The minimum atomic E-state index is -0.123. The van der Waals surface area contributed by atoms with Gasteiger partial charge < -0.3 is 15.1 Å². The predicted octanol–water partition coefficient (Wildman–Crippen LogP) is 4.79. The number of nitrogens with one attached hydrogen (secondary N) is 1. The van der Waals surface area contributed by atoms with Gasteiger partial charge in [-0.2, -0.15) is 0 Å². The number of carbonyl (C=O) groups excluding carboxylic acids is 2. The number of carbonyl (C=O) groups is 2. The fraction of sp³-hybridized carbons (Fsp3) is 0.520. The van der Waals surface area contributed by atoms with Gasteiger partial charge in [0, 0.05) is 43.3 Å². The van der Waals surface area contributed by atoms with Crippen LogP contribution in [0.5, 0.6) is 0 Å². The summed E-state index contributed by atoms with van der Waals surface area (Å²) in [4.78, 5) is 38.5. The SMILES string of the molecule is Cc1ccc(NC(=O)CSc2nc(Cl)cc(N3CCN(C(=O)C4CCCCC4)C(C)C3)n2)cc1. The number of hydrogen-bond donors (Lipinski definition) is 1. The fourth-order valence-corrected chi connectivity index (χ4v) is 5.53. The molecule has 1 unspecified atom stereocenters. The monoisotopic (exact) mass is 501 g/mol. The van der Waals surface area contributed by atoms with Crippen LogP contribution in [0.15, 0.2) is 35.5 Å². The van der Waals surface area contributed by atoms with E-state index in [1.165, 1.54) is 18.2 Å². The second kappa shape index (κ2) is 11.4. The van der Waals surface area contributed by atoms with Crippen molar-refractivity contribution < 1.29 is 9.59 Å². The van der Waals surface area contributed by atoms with Crippen molar-refractivity contribution in [3.63, 3.8) is 0 Å². The minimum absolute atomic E-state index is 0.105. The van der Waals surface area contributed by atoms with Gasteiger partial charge in [0.05, 0.1) is 5.75 Å². The summed E-state index contributed by atoms with van der Waals surface area (Å²) in [5.41, 5.74) is 1.90. The number of benzene rings is 1. The van der Waals surface area contributed by atoms with Gasteiger partial charge >= 0.3 is 0 Å². The highest BCUT2D eigenvalue weighted by molar-refractivity contribution is 7.99. The van der Waals surface area contributed by atoms with Crippen molar-refractivity contribution in [3.05, 3.63) is 41.0 Å². The number of rotatable bonds is 6. The molecule has 2 fully saturated rings. The zero-order chi connectivity index (χ0) is 24.1. The maximum atomic E-state index is 13.0. The van der Waals surface area contributed by atoms with Crippen LogP contribution in [0, 0.1) is 12.8 Å². The number of anilines is 2. The lowest BCUT2D eigenvalue weighted by Crippen LogP contribution is -2.55. The summed E-state index contributed by atoms with van der Waals surface area (Å²) < 4.78 is 0. The Hall–Kier alpha value is -2.32. The Kier molecular flexibility index (Phi) is 8.32. The number of nitrogens with zero attached hydrogens (tertiary/aromatic N) is 4. The molecule has 7 nitrogen and oxygen atoms in total. The zero-order valence-electron chi connectivity index (χ0n) is 19.8. The first-order chi connectivity index (χ1) is 16.4. The number of piperazine rings is 1. The van der Waals surface area contributed by atoms with E-state index in [0.717, 1.165) is 42.8 Å². The van der Waals surface area contributed by atoms with E-state index < -0.39 is 0 Å². The third kappa shape index (κ3) is 6.42. The van der Waals surface area contributed by atoms with Gasteiger partial charge in [0.1, 0.15) is 11.0 Å². The number of aromatic nitrogens is 2. The van der Waals surface area contributed by atoms with Crippen LogP contribution in [0.1, 0.15) is 44.6 Å². The molecule has 9 heteroatoms. The highest BCUT2D eigenvalue weighted by Gasteiger charge is 2.33. The fourth-order valence-electron chi connectivity index (χ4n) is 4.65. The van der Waals surface area contributed by atoms with E-state index in [2.05, 4.69) is 27.1 Å². The molecule has 1 atom stereocenters. The summed E-state index contributed by atoms with van der Waals surface area (Å²) in [7, 11) is 0. The lowest BCUT2D eigenvalue weighted by Gasteiger charge is -2.42. The largest absolute Gasteiger partial charge is 0.353 e. The quantitative estimate of drug-likeness (QED) is 0.348. The molecule has 1 N–H and O–H groups in total. The maximum Gasteiger partial charge on any atom is 0.234 e. The summed E-state index contributed by atoms with van der Waals surface area (Å²) in [5.74, 6) is 1.29. The molecule has 2 amide bonds. The lowest BCUT2D eigenvalue weighted by molar-refractivity contribution is -0.139. The molecule has 0 bridgehead atoms. The van der Waals surface area contributed by atoms with Crippen molar-refractivity contribution in [2.24, 2.45) is 5.92 Å². The van der Waals surface area contributed by atoms with Crippen LogP contribution in [0.25, 0.3) is 0 Å². The van der Waals surface area contributed by atoms with Crippen LogP contribution in [-0.2, 0) is 9.59 Å². The van der Waals surface area contributed by atoms with Gasteiger partial charge in [-0.3, -0.25) is 9.59 Å². The van der Waals surface area contributed by atoms with Crippen LogP contribution < -0.4 is 10.2 Å². The van der Waals surface area contributed by atoms with E-state index in [1.807, 2.05) is 36.1 Å². The third-order valence-corrected chi connectivity index (χ3v) is 7.56. The van der Waals surface area contributed by atoms with E-state index in [9.17, 15) is 9.59 Å². The first-order valence-electron chi connectivity index (χ1n) is 12.0. The van der Waals surface area contributed by atoms with Crippen molar-refractivity contribution in [1.82, 2.24) is 14.9 Å². The molecule has 1 aliphatic carbocycles. The van der Waals surface area contributed by atoms with Crippen LogP contribution >= 0.6 is 23.4 Å². The van der Waals surface area contributed by atoms with E-state index in [0.29, 0.717) is 35.9 Å². The van der Waals surface area contributed by atoms with Gasteiger partial charge in [-0.05, 0) is 38.8 Å². The molecule has 1 saturated carbocycles. The Bertz CT molecular complexity index is 1010. The smallest absolute Gasteiger partial charge is 0.234 e. The molecule has 0 spiro atoms. The molecule has 34 heavy (non-hydrogen) atoms. The Morgan fingerprint density at radius 1 is 1.12 bits per heavy atom. The molecule has 1 aliphatic heterocycles. The standard InChI is InChI=1S/C25H32ClN5O2S/c1-17-8-10-20(11-9-17)27-23(32)16-34-25-28-21(26)14-22(29-25)30-12-13-31(18(2)15-30)24(33)19-6-4-3-5-7-19/h8-11,14,18-19H,3-7,12-13,15-16H2,1-2H3,(H,27,32). The molecule has 2 heterocycles. The summed E-state index contributed by atoms with van der Waals surface area (Å²) in [6.07, 6.45) is 5.60. The maximum absolute atomic E-state index is 13.0. The number of aryl methyl sites for hydroxylation is 1. The minimum Gasteiger partial charge on any atom is -0.353 e. The van der Waals surface area contributed by atoms with Crippen LogP contribution in [0.2, 0.25) is 5.15 Å².